The van der Waals surface area contributed by atoms with Gasteiger partial charge in [0.2, 0.25) is 0 Å². The predicted molar refractivity (Wildman–Crippen MR) is 102 cm³/mol. The third-order valence-corrected chi connectivity index (χ3v) is 6.78. The molecule has 0 bridgehead atoms. The van der Waals surface area contributed by atoms with Crippen LogP contribution in [0, 0.1) is 24.2 Å². The molecule has 0 amide bonds. The van der Waals surface area contributed by atoms with Crippen LogP contribution in [-0.2, 0) is 25.5 Å². The van der Waals surface area contributed by atoms with Gasteiger partial charge in [0.25, 0.3) is 0 Å². The Labute approximate surface area is 165 Å². The standard InChI is InChI=1S/C22H30O6/c1-6-12(2)21(25)28-17-8-7-15-9-18-19(13(3)11-26-18)20(27-14(4)24)22(15,5)16(17)10-23/h6,11,15-17,20,23H,7-10H2,1-5H3/b12-6-/t15-,16+,17-,20-,22+/m1/s1. The van der Waals surface area contributed by atoms with E-state index >= 15 is 0 Å². The second kappa shape index (κ2) is 7.74. The van der Waals surface area contributed by atoms with Crippen molar-refractivity contribution in [1.82, 2.24) is 0 Å². The Balaban J connectivity index is 2.02. The summed E-state index contributed by atoms with van der Waals surface area (Å²) in [6.07, 6.45) is 4.63. The Hall–Kier alpha value is -2.08. The number of allylic oxidation sites excluding steroid dienone is 1. The minimum atomic E-state index is -0.560. The largest absolute Gasteiger partial charge is 0.469 e. The zero-order valence-corrected chi connectivity index (χ0v) is 17.3. The Kier molecular flexibility index (Phi) is 5.71. The van der Waals surface area contributed by atoms with Gasteiger partial charge in [-0.3, -0.25) is 4.79 Å². The van der Waals surface area contributed by atoms with Gasteiger partial charge >= 0.3 is 11.9 Å². The number of hydrogen-bond acceptors (Lipinski definition) is 6. The number of hydrogen-bond donors (Lipinski definition) is 1. The highest BCUT2D eigenvalue weighted by Crippen LogP contribution is 2.60. The first-order valence-corrected chi connectivity index (χ1v) is 9.92. The number of ether oxygens (including phenoxy) is 2. The number of aryl methyl sites for hydroxylation is 1. The zero-order chi connectivity index (χ0) is 20.6. The highest BCUT2D eigenvalue weighted by molar-refractivity contribution is 5.87. The topological polar surface area (TPSA) is 86.0 Å². The van der Waals surface area contributed by atoms with Crippen molar-refractivity contribution >= 4 is 11.9 Å². The third-order valence-electron chi connectivity index (χ3n) is 6.78. The van der Waals surface area contributed by atoms with E-state index in [1.165, 1.54) is 6.92 Å². The molecule has 1 heterocycles. The molecule has 6 heteroatoms. The second-order valence-corrected chi connectivity index (χ2v) is 8.29. The fraction of sp³-hybridized carbons (Fsp3) is 0.636. The molecule has 6 nitrogen and oxygen atoms in total. The lowest BCUT2D eigenvalue weighted by Gasteiger charge is -2.55. The summed E-state index contributed by atoms with van der Waals surface area (Å²) in [5.41, 5.74) is 1.80. The van der Waals surface area contributed by atoms with E-state index in [-0.39, 0.29) is 30.4 Å². The van der Waals surface area contributed by atoms with E-state index in [1.54, 1.807) is 26.2 Å². The molecule has 154 valence electrons. The van der Waals surface area contributed by atoms with E-state index < -0.39 is 17.6 Å². The van der Waals surface area contributed by atoms with Gasteiger partial charge in [-0.2, -0.15) is 0 Å². The number of rotatable bonds is 4. The van der Waals surface area contributed by atoms with Crippen molar-refractivity contribution in [3.8, 4) is 0 Å². The Morgan fingerprint density at radius 1 is 1.32 bits per heavy atom. The first kappa shape index (κ1) is 20.6. The lowest BCUT2D eigenvalue weighted by atomic mass is 9.53. The summed E-state index contributed by atoms with van der Waals surface area (Å²) in [4.78, 5) is 24.3. The molecule has 28 heavy (non-hydrogen) atoms. The first-order valence-electron chi connectivity index (χ1n) is 9.92. The smallest absolute Gasteiger partial charge is 0.333 e. The van der Waals surface area contributed by atoms with E-state index in [2.05, 4.69) is 0 Å². The van der Waals surface area contributed by atoms with E-state index in [1.807, 2.05) is 13.8 Å². The van der Waals surface area contributed by atoms with Gasteiger partial charge in [-0.1, -0.05) is 13.0 Å². The molecule has 1 fully saturated rings. The van der Waals surface area contributed by atoms with Gasteiger partial charge in [-0.05, 0) is 45.1 Å². The number of fused-ring (bicyclic) bond motifs is 2. The van der Waals surface area contributed by atoms with Crippen molar-refractivity contribution in [2.24, 2.45) is 17.3 Å². The molecule has 1 saturated carbocycles. The molecule has 3 rings (SSSR count). The second-order valence-electron chi connectivity index (χ2n) is 8.29. The summed E-state index contributed by atoms with van der Waals surface area (Å²) in [6, 6.07) is 0. The van der Waals surface area contributed by atoms with Crippen LogP contribution in [0.25, 0.3) is 0 Å². The number of aliphatic hydroxyl groups excluding tert-OH is 1. The van der Waals surface area contributed by atoms with Gasteiger partial charge in [0.1, 0.15) is 18.0 Å². The molecule has 0 unspecified atom stereocenters. The average molecular weight is 390 g/mol. The summed E-state index contributed by atoms with van der Waals surface area (Å²) in [7, 11) is 0. The summed E-state index contributed by atoms with van der Waals surface area (Å²) in [5.74, 6) is -0.0772. The van der Waals surface area contributed by atoms with Crippen LogP contribution in [0.2, 0.25) is 0 Å². The minimum absolute atomic E-state index is 0.149. The fourth-order valence-electron chi connectivity index (χ4n) is 5.02. The molecule has 1 aromatic rings. The third kappa shape index (κ3) is 3.28. The maximum Gasteiger partial charge on any atom is 0.333 e. The van der Waals surface area contributed by atoms with Gasteiger partial charge in [-0.15, -0.1) is 0 Å². The molecular weight excluding hydrogens is 360 g/mol. The lowest BCUT2D eigenvalue weighted by molar-refractivity contribution is -0.192. The van der Waals surface area contributed by atoms with E-state index in [0.29, 0.717) is 12.0 Å². The van der Waals surface area contributed by atoms with Gasteiger partial charge < -0.3 is 19.0 Å². The summed E-state index contributed by atoms with van der Waals surface area (Å²) >= 11 is 0. The number of aliphatic hydroxyl groups is 1. The molecule has 0 radical (unpaired) electrons. The minimum Gasteiger partial charge on any atom is -0.469 e. The van der Waals surface area contributed by atoms with Crippen LogP contribution in [-0.4, -0.2) is 29.8 Å². The predicted octanol–water partition coefficient (Wildman–Crippen LogP) is 3.65. The molecular formula is C22H30O6. The molecule has 0 aromatic carbocycles. The van der Waals surface area contributed by atoms with Crippen LogP contribution in [0.4, 0.5) is 0 Å². The number of carbonyl (C=O) groups is 2. The van der Waals surface area contributed by atoms with E-state index in [4.69, 9.17) is 13.9 Å². The average Bonchev–Trinajstić information content (AvgIpc) is 3.01. The summed E-state index contributed by atoms with van der Waals surface area (Å²) in [6.45, 7) is 8.73. The van der Waals surface area contributed by atoms with Crippen LogP contribution in [0.1, 0.15) is 63.5 Å². The van der Waals surface area contributed by atoms with Crippen molar-refractivity contribution < 1.29 is 28.6 Å². The van der Waals surface area contributed by atoms with Crippen LogP contribution in [0.3, 0.4) is 0 Å². The van der Waals surface area contributed by atoms with Gasteiger partial charge in [0.15, 0.2) is 0 Å². The molecule has 1 aromatic heterocycles. The Bertz CT molecular complexity index is 791. The van der Waals surface area contributed by atoms with Gasteiger partial charge in [-0.25, -0.2) is 4.79 Å². The first-order chi connectivity index (χ1) is 13.2. The summed E-state index contributed by atoms with van der Waals surface area (Å²) in [5, 5.41) is 10.3. The molecule has 0 saturated heterocycles. The zero-order valence-electron chi connectivity index (χ0n) is 17.3. The van der Waals surface area contributed by atoms with Crippen molar-refractivity contribution in [2.75, 3.05) is 6.61 Å². The molecule has 2 aliphatic rings. The van der Waals surface area contributed by atoms with Crippen LogP contribution in [0.5, 0.6) is 0 Å². The Morgan fingerprint density at radius 2 is 2.04 bits per heavy atom. The molecule has 5 atom stereocenters. The maximum absolute atomic E-state index is 12.4. The Morgan fingerprint density at radius 3 is 2.64 bits per heavy atom. The lowest BCUT2D eigenvalue weighted by Crippen LogP contribution is -2.55. The quantitative estimate of drug-likeness (QED) is 0.624. The number of esters is 2. The van der Waals surface area contributed by atoms with Crippen LogP contribution < -0.4 is 0 Å². The van der Waals surface area contributed by atoms with Crippen molar-refractivity contribution in [1.29, 1.82) is 0 Å². The summed E-state index contributed by atoms with van der Waals surface area (Å²) < 4.78 is 17.4. The highest BCUT2D eigenvalue weighted by atomic mass is 16.6. The van der Waals surface area contributed by atoms with Gasteiger partial charge in [0, 0.05) is 35.8 Å². The van der Waals surface area contributed by atoms with E-state index in [0.717, 1.165) is 29.7 Å². The fourth-order valence-corrected chi connectivity index (χ4v) is 5.02. The van der Waals surface area contributed by atoms with Crippen LogP contribution >= 0.6 is 0 Å². The van der Waals surface area contributed by atoms with Crippen molar-refractivity contribution in [3.63, 3.8) is 0 Å². The monoisotopic (exact) mass is 390 g/mol. The van der Waals surface area contributed by atoms with Gasteiger partial charge in [0.05, 0.1) is 12.9 Å². The van der Waals surface area contributed by atoms with Crippen molar-refractivity contribution in [3.05, 3.63) is 34.8 Å². The molecule has 0 spiro atoms. The van der Waals surface area contributed by atoms with E-state index in [9.17, 15) is 14.7 Å². The molecule has 2 aliphatic carbocycles. The van der Waals surface area contributed by atoms with Crippen molar-refractivity contribution in [2.45, 2.75) is 66.1 Å². The molecule has 0 aliphatic heterocycles. The number of carbonyl (C=O) groups excluding carboxylic acids is 2. The molecule has 1 N–H and O–H groups in total. The number of furan rings is 1. The normalized spacial score (nSPS) is 32.3. The maximum atomic E-state index is 12.4. The highest BCUT2D eigenvalue weighted by Gasteiger charge is 2.59. The SMILES string of the molecule is C/C=C(/C)C(=O)O[C@@H]1CC[C@@H]2Cc3occ(C)c3[C@@H](OC(C)=O)[C@]2(C)[C@H]1CO. The van der Waals surface area contributed by atoms with Crippen LogP contribution in [0.15, 0.2) is 22.3 Å².